The van der Waals surface area contributed by atoms with Gasteiger partial charge in [0.15, 0.2) is 0 Å². The normalized spacial score (nSPS) is 10.3. The molecule has 0 aliphatic rings. The van der Waals surface area contributed by atoms with E-state index in [1.807, 2.05) is 25.1 Å². The summed E-state index contributed by atoms with van der Waals surface area (Å²) in [5.74, 6) is 0.731. The first-order valence-corrected chi connectivity index (χ1v) is 7.35. The molecule has 1 heterocycles. The van der Waals surface area contributed by atoms with Gasteiger partial charge in [0.05, 0.1) is 12.3 Å². The van der Waals surface area contributed by atoms with E-state index in [0.717, 1.165) is 22.5 Å². The number of nitrogens with two attached hydrogens (primary N) is 1. The minimum Gasteiger partial charge on any atom is -0.492 e. The number of nitrogen functional groups attached to an aromatic ring is 1. The summed E-state index contributed by atoms with van der Waals surface area (Å²) in [6.45, 7) is 3.36. The third-order valence-electron chi connectivity index (χ3n) is 2.40. The van der Waals surface area contributed by atoms with E-state index >= 15 is 0 Å². The van der Waals surface area contributed by atoms with Crippen LogP contribution in [0.15, 0.2) is 34.1 Å². The summed E-state index contributed by atoms with van der Waals surface area (Å²) in [5, 5.41) is 5.43. The standard InChI is InChI=1S/C13H15BrN2OS/c1-2-17-13-6-10(3-4-12(13)15)16-7-11-5-9(14)8-18-11/h3-6,8,16H,2,7,15H2,1H3. The van der Waals surface area contributed by atoms with E-state index in [2.05, 4.69) is 32.7 Å². The zero-order valence-electron chi connectivity index (χ0n) is 10.1. The molecule has 0 saturated carbocycles. The number of halogens is 1. The third kappa shape index (κ3) is 3.40. The van der Waals surface area contributed by atoms with Gasteiger partial charge < -0.3 is 15.8 Å². The van der Waals surface area contributed by atoms with Crippen LogP contribution in [0.4, 0.5) is 11.4 Å². The SMILES string of the molecule is CCOc1cc(NCc2cc(Br)cs2)ccc1N. The van der Waals surface area contributed by atoms with Crippen molar-refractivity contribution in [3.05, 3.63) is 39.0 Å². The van der Waals surface area contributed by atoms with E-state index < -0.39 is 0 Å². The average Bonchev–Trinajstić information content (AvgIpc) is 2.76. The van der Waals surface area contributed by atoms with Crippen molar-refractivity contribution >= 4 is 38.6 Å². The molecule has 96 valence electrons. The molecule has 0 unspecified atom stereocenters. The maximum absolute atomic E-state index is 5.83. The molecule has 0 amide bonds. The Hall–Kier alpha value is -1.20. The van der Waals surface area contributed by atoms with Gasteiger partial charge in [0.25, 0.3) is 0 Å². The largest absolute Gasteiger partial charge is 0.492 e. The zero-order chi connectivity index (χ0) is 13.0. The number of rotatable bonds is 5. The molecular formula is C13H15BrN2OS. The molecule has 0 saturated heterocycles. The van der Waals surface area contributed by atoms with Gasteiger partial charge >= 0.3 is 0 Å². The van der Waals surface area contributed by atoms with Gasteiger partial charge in [-0.1, -0.05) is 0 Å². The molecule has 1 aromatic heterocycles. The first kappa shape index (κ1) is 13.2. The molecule has 0 atom stereocenters. The van der Waals surface area contributed by atoms with Gasteiger partial charge in [-0.25, -0.2) is 0 Å². The predicted molar refractivity (Wildman–Crippen MR) is 81.4 cm³/mol. The Balaban J connectivity index is 2.03. The summed E-state index contributed by atoms with van der Waals surface area (Å²) in [4.78, 5) is 1.27. The van der Waals surface area contributed by atoms with Crippen LogP contribution in [0.2, 0.25) is 0 Å². The van der Waals surface area contributed by atoms with Gasteiger partial charge in [-0.2, -0.15) is 0 Å². The Morgan fingerprint density at radius 1 is 1.39 bits per heavy atom. The number of benzene rings is 1. The third-order valence-corrected chi connectivity index (χ3v) is 4.10. The van der Waals surface area contributed by atoms with Gasteiger partial charge in [-0.05, 0) is 41.1 Å². The monoisotopic (exact) mass is 326 g/mol. The van der Waals surface area contributed by atoms with Crippen molar-refractivity contribution in [3.63, 3.8) is 0 Å². The van der Waals surface area contributed by atoms with E-state index in [-0.39, 0.29) is 0 Å². The van der Waals surface area contributed by atoms with Crippen LogP contribution in [-0.4, -0.2) is 6.61 Å². The Morgan fingerprint density at radius 2 is 2.22 bits per heavy atom. The van der Waals surface area contributed by atoms with Crippen molar-refractivity contribution in [2.24, 2.45) is 0 Å². The summed E-state index contributed by atoms with van der Waals surface area (Å²) in [6.07, 6.45) is 0. The fraction of sp³-hybridized carbons (Fsp3) is 0.231. The number of nitrogens with one attached hydrogen (secondary N) is 1. The van der Waals surface area contributed by atoms with Gasteiger partial charge in [0.1, 0.15) is 5.75 Å². The molecule has 5 heteroatoms. The molecule has 1 aromatic carbocycles. The second-order valence-corrected chi connectivity index (χ2v) is 5.68. The van der Waals surface area contributed by atoms with Gasteiger partial charge in [0.2, 0.25) is 0 Å². The van der Waals surface area contributed by atoms with Crippen molar-refractivity contribution < 1.29 is 4.74 Å². The summed E-state index contributed by atoms with van der Waals surface area (Å²) in [7, 11) is 0. The second-order valence-electron chi connectivity index (χ2n) is 3.77. The summed E-state index contributed by atoms with van der Waals surface area (Å²) < 4.78 is 6.59. The van der Waals surface area contributed by atoms with Crippen LogP contribution in [0.5, 0.6) is 5.75 Å². The summed E-state index contributed by atoms with van der Waals surface area (Å²) in [6, 6.07) is 7.86. The highest BCUT2D eigenvalue weighted by Gasteiger charge is 2.02. The van der Waals surface area contributed by atoms with Crippen LogP contribution in [0.1, 0.15) is 11.8 Å². The van der Waals surface area contributed by atoms with Crippen molar-refractivity contribution in [2.75, 3.05) is 17.7 Å². The molecule has 0 aliphatic carbocycles. The fourth-order valence-corrected chi connectivity index (χ4v) is 2.95. The molecule has 0 fully saturated rings. The van der Waals surface area contributed by atoms with Crippen LogP contribution in [-0.2, 0) is 6.54 Å². The van der Waals surface area contributed by atoms with Crippen LogP contribution in [0, 0.1) is 0 Å². The molecule has 2 rings (SSSR count). The molecule has 0 spiro atoms. The number of ether oxygens (including phenoxy) is 1. The predicted octanol–water partition coefficient (Wildman–Crippen LogP) is 4.10. The first-order chi connectivity index (χ1) is 8.69. The smallest absolute Gasteiger partial charge is 0.144 e. The summed E-state index contributed by atoms with van der Waals surface area (Å²) in [5.41, 5.74) is 7.51. The lowest BCUT2D eigenvalue weighted by molar-refractivity contribution is 0.342. The molecule has 0 radical (unpaired) electrons. The van der Waals surface area contributed by atoms with Crippen molar-refractivity contribution in [1.82, 2.24) is 0 Å². The Morgan fingerprint density at radius 3 is 2.89 bits per heavy atom. The van der Waals surface area contributed by atoms with Crippen LogP contribution < -0.4 is 15.8 Å². The van der Waals surface area contributed by atoms with E-state index in [0.29, 0.717) is 12.3 Å². The maximum atomic E-state index is 5.83. The number of hydrogen-bond donors (Lipinski definition) is 2. The molecule has 3 N–H and O–H groups in total. The molecule has 18 heavy (non-hydrogen) atoms. The van der Waals surface area contributed by atoms with Crippen molar-refractivity contribution in [2.45, 2.75) is 13.5 Å². The van der Waals surface area contributed by atoms with Crippen LogP contribution in [0.25, 0.3) is 0 Å². The topological polar surface area (TPSA) is 47.3 Å². The molecular weight excluding hydrogens is 312 g/mol. The minimum absolute atomic E-state index is 0.617. The maximum Gasteiger partial charge on any atom is 0.144 e. The Labute approximate surface area is 119 Å². The van der Waals surface area contributed by atoms with E-state index in [1.54, 1.807) is 11.3 Å². The lowest BCUT2D eigenvalue weighted by Crippen LogP contribution is -2.01. The molecule has 0 aliphatic heterocycles. The second kappa shape index (κ2) is 6.11. The lowest BCUT2D eigenvalue weighted by Gasteiger charge is -2.10. The molecule has 2 aromatic rings. The van der Waals surface area contributed by atoms with Crippen molar-refractivity contribution in [1.29, 1.82) is 0 Å². The van der Waals surface area contributed by atoms with Gasteiger partial charge in [-0.15, -0.1) is 11.3 Å². The quantitative estimate of drug-likeness (QED) is 0.813. The summed E-state index contributed by atoms with van der Waals surface area (Å²) >= 11 is 5.17. The highest BCUT2D eigenvalue weighted by molar-refractivity contribution is 9.10. The highest BCUT2D eigenvalue weighted by Crippen LogP contribution is 2.26. The first-order valence-electron chi connectivity index (χ1n) is 5.68. The number of anilines is 2. The molecule has 0 bridgehead atoms. The fourth-order valence-electron chi connectivity index (χ4n) is 1.56. The van der Waals surface area contributed by atoms with E-state index in [1.165, 1.54) is 4.88 Å². The molecule has 3 nitrogen and oxygen atoms in total. The van der Waals surface area contributed by atoms with Crippen molar-refractivity contribution in [3.8, 4) is 5.75 Å². The van der Waals surface area contributed by atoms with E-state index in [4.69, 9.17) is 10.5 Å². The minimum atomic E-state index is 0.617. The van der Waals surface area contributed by atoms with E-state index in [9.17, 15) is 0 Å². The number of hydrogen-bond acceptors (Lipinski definition) is 4. The Kier molecular flexibility index (Phi) is 4.49. The number of thiophene rings is 1. The average molecular weight is 327 g/mol. The van der Waals surface area contributed by atoms with Crippen LogP contribution >= 0.6 is 27.3 Å². The van der Waals surface area contributed by atoms with Crippen LogP contribution in [0.3, 0.4) is 0 Å². The highest BCUT2D eigenvalue weighted by atomic mass is 79.9. The Bertz CT molecular complexity index is 527. The van der Waals surface area contributed by atoms with Gasteiger partial charge in [0, 0.05) is 33.0 Å². The van der Waals surface area contributed by atoms with Gasteiger partial charge in [-0.3, -0.25) is 0 Å². The zero-order valence-corrected chi connectivity index (χ0v) is 12.5. The lowest BCUT2D eigenvalue weighted by atomic mass is 10.2.